The molecule has 1 aliphatic carbocycles. The van der Waals surface area contributed by atoms with Crippen molar-refractivity contribution in [2.75, 3.05) is 7.11 Å². The van der Waals surface area contributed by atoms with E-state index in [4.69, 9.17) is 4.74 Å². The van der Waals surface area contributed by atoms with Crippen LogP contribution in [0.3, 0.4) is 0 Å². The van der Waals surface area contributed by atoms with E-state index >= 15 is 0 Å². The van der Waals surface area contributed by atoms with Crippen LogP contribution in [-0.2, 0) is 16.5 Å². The number of carbonyl (C=O) groups excluding carboxylic acids is 1. The number of Topliss-reactive ketones (excluding diaryl/α,β-unsaturated/α-hetero) is 1. The molecule has 3 rings (SSSR count). The average molecular weight is 330 g/mol. The largest absolute Gasteiger partial charge is 0.495 e. The van der Waals surface area contributed by atoms with Gasteiger partial charge in [0.1, 0.15) is 10.6 Å². The van der Waals surface area contributed by atoms with Gasteiger partial charge in [0.15, 0.2) is 5.78 Å². The van der Waals surface area contributed by atoms with Crippen LogP contribution in [0, 0.1) is 0 Å². The molecule has 118 valence electrons. The Labute approximate surface area is 134 Å². The maximum Gasteiger partial charge on any atom is 0.298 e. The summed E-state index contributed by atoms with van der Waals surface area (Å²) < 4.78 is 37.1. The monoisotopic (exact) mass is 330 g/mol. The summed E-state index contributed by atoms with van der Waals surface area (Å²) in [7, 11) is -3.09. The molecule has 0 fully saturated rings. The highest BCUT2D eigenvalue weighted by molar-refractivity contribution is 7.86. The quantitative estimate of drug-likeness (QED) is 0.691. The Bertz CT molecular complexity index is 926. The molecule has 0 atom stereocenters. The molecule has 0 aliphatic heterocycles. The predicted octanol–water partition coefficient (Wildman–Crippen LogP) is 2.76. The van der Waals surface area contributed by atoms with Gasteiger partial charge in [-0.25, -0.2) is 0 Å². The number of hydrogen-bond donors (Lipinski definition) is 1. The molecule has 2 aromatic rings. The fourth-order valence-corrected chi connectivity index (χ4v) is 3.35. The van der Waals surface area contributed by atoms with E-state index in [0.717, 1.165) is 5.56 Å². The van der Waals surface area contributed by atoms with Crippen molar-refractivity contribution in [3.8, 4) is 5.75 Å². The number of rotatable bonds is 3. The summed E-state index contributed by atoms with van der Waals surface area (Å²) in [4.78, 5) is 12.0. The maximum absolute atomic E-state index is 12.3. The fraction of sp³-hybridized carbons (Fsp3) is 0.118. The van der Waals surface area contributed by atoms with Crippen molar-refractivity contribution in [2.45, 2.75) is 11.3 Å². The second-order valence-electron chi connectivity index (χ2n) is 5.22. The van der Waals surface area contributed by atoms with Gasteiger partial charge < -0.3 is 4.74 Å². The van der Waals surface area contributed by atoms with E-state index in [9.17, 15) is 17.8 Å². The van der Waals surface area contributed by atoms with Crippen molar-refractivity contribution in [3.05, 3.63) is 64.7 Å². The van der Waals surface area contributed by atoms with Crippen molar-refractivity contribution in [1.82, 2.24) is 0 Å². The van der Waals surface area contributed by atoms with Gasteiger partial charge in [0.2, 0.25) is 0 Å². The lowest BCUT2D eigenvalue weighted by Gasteiger charge is -2.07. The zero-order valence-corrected chi connectivity index (χ0v) is 13.1. The number of fused-ring (bicyclic) bond motifs is 1. The van der Waals surface area contributed by atoms with E-state index in [1.54, 1.807) is 18.2 Å². The number of ketones is 1. The van der Waals surface area contributed by atoms with E-state index in [-0.39, 0.29) is 16.4 Å². The van der Waals surface area contributed by atoms with E-state index in [1.807, 2.05) is 18.2 Å². The van der Waals surface area contributed by atoms with Crippen LogP contribution in [-0.4, -0.2) is 25.9 Å². The normalized spacial score (nSPS) is 15.7. The lowest BCUT2D eigenvalue weighted by molar-refractivity contribution is 0.104. The Balaban J connectivity index is 2.03. The number of allylic oxidation sites excluding steroid dienone is 1. The molecule has 5 nitrogen and oxygen atoms in total. The molecule has 0 aromatic heterocycles. The molecule has 0 spiro atoms. The molecule has 0 radical (unpaired) electrons. The lowest BCUT2D eigenvalue weighted by Crippen LogP contribution is -2.02. The minimum absolute atomic E-state index is 0.0516. The van der Waals surface area contributed by atoms with Gasteiger partial charge in [-0.05, 0) is 29.3 Å². The third-order valence-electron chi connectivity index (χ3n) is 3.74. The number of hydrogen-bond acceptors (Lipinski definition) is 4. The Hall–Kier alpha value is -2.44. The minimum Gasteiger partial charge on any atom is -0.495 e. The highest BCUT2D eigenvalue weighted by Gasteiger charge is 2.24. The molecule has 2 aromatic carbocycles. The lowest BCUT2D eigenvalue weighted by atomic mass is 10.1. The Morgan fingerprint density at radius 3 is 2.57 bits per heavy atom. The average Bonchev–Trinajstić information content (AvgIpc) is 2.83. The van der Waals surface area contributed by atoms with Crippen LogP contribution in [0.5, 0.6) is 5.75 Å². The molecular formula is C17H14O5S. The molecule has 0 bridgehead atoms. The van der Waals surface area contributed by atoms with Crippen LogP contribution in [0.15, 0.2) is 52.9 Å². The van der Waals surface area contributed by atoms with Gasteiger partial charge in [0.05, 0.1) is 7.11 Å². The van der Waals surface area contributed by atoms with Crippen molar-refractivity contribution >= 4 is 22.0 Å². The van der Waals surface area contributed by atoms with Gasteiger partial charge in [0.25, 0.3) is 10.1 Å². The van der Waals surface area contributed by atoms with Gasteiger partial charge in [-0.3, -0.25) is 9.35 Å². The van der Waals surface area contributed by atoms with Crippen molar-refractivity contribution in [3.63, 3.8) is 0 Å². The smallest absolute Gasteiger partial charge is 0.298 e. The van der Waals surface area contributed by atoms with Gasteiger partial charge in [-0.2, -0.15) is 8.42 Å². The minimum atomic E-state index is -4.41. The SMILES string of the molecule is COc1ccc(/C=C2\Cc3ccccc3C2=O)cc1S(=O)(=O)O. The molecule has 0 saturated heterocycles. The molecule has 0 unspecified atom stereocenters. The van der Waals surface area contributed by atoms with Gasteiger partial charge in [-0.1, -0.05) is 30.3 Å². The second kappa shape index (κ2) is 5.64. The Morgan fingerprint density at radius 1 is 1.17 bits per heavy atom. The molecule has 6 heteroatoms. The van der Waals surface area contributed by atoms with Crippen LogP contribution in [0.1, 0.15) is 21.5 Å². The summed E-state index contributed by atoms with van der Waals surface area (Å²) >= 11 is 0. The first-order chi connectivity index (χ1) is 10.9. The fourth-order valence-electron chi connectivity index (χ4n) is 2.66. The third-order valence-corrected chi connectivity index (χ3v) is 4.62. The first-order valence-electron chi connectivity index (χ1n) is 6.89. The Morgan fingerprint density at radius 2 is 1.91 bits per heavy atom. The summed E-state index contributed by atoms with van der Waals surface area (Å²) in [6.07, 6.45) is 2.14. The number of benzene rings is 2. The van der Waals surface area contributed by atoms with E-state index in [1.165, 1.54) is 19.2 Å². The highest BCUT2D eigenvalue weighted by Crippen LogP contribution is 2.30. The van der Waals surface area contributed by atoms with Gasteiger partial charge >= 0.3 is 0 Å². The zero-order valence-electron chi connectivity index (χ0n) is 12.3. The van der Waals surface area contributed by atoms with E-state index < -0.39 is 10.1 Å². The zero-order chi connectivity index (χ0) is 16.6. The summed E-state index contributed by atoms with van der Waals surface area (Å²) in [5.41, 5.74) is 2.71. The van der Waals surface area contributed by atoms with Gasteiger partial charge in [0, 0.05) is 17.6 Å². The number of ether oxygens (including phenoxy) is 1. The first kappa shape index (κ1) is 15.5. The number of carbonyl (C=O) groups is 1. The molecule has 23 heavy (non-hydrogen) atoms. The Kier molecular flexibility index (Phi) is 3.79. The molecule has 0 saturated carbocycles. The summed E-state index contributed by atoms with van der Waals surface area (Å²) in [6.45, 7) is 0. The van der Waals surface area contributed by atoms with Crippen molar-refractivity contribution in [2.24, 2.45) is 0 Å². The second-order valence-corrected chi connectivity index (χ2v) is 6.61. The maximum atomic E-state index is 12.3. The molecule has 1 N–H and O–H groups in total. The molecule has 1 aliphatic rings. The van der Waals surface area contributed by atoms with Crippen LogP contribution in [0.25, 0.3) is 6.08 Å². The van der Waals surface area contributed by atoms with Crippen LogP contribution in [0.4, 0.5) is 0 Å². The summed E-state index contributed by atoms with van der Waals surface area (Å²) in [5, 5.41) is 0. The number of methoxy groups -OCH3 is 1. The molecular weight excluding hydrogens is 316 g/mol. The highest BCUT2D eigenvalue weighted by atomic mass is 32.2. The van der Waals surface area contributed by atoms with E-state index in [0.29, 0.717) is 23.1 Å². The van der Waals surface area contributed by atoms with Crippen LogP contribution >= 0.6 is 0 Å². The molecule has 0 heterocycles. The van der Waals surface area contributed by atoms with Crippen LogP contribution < -0.4 is 4.74 Å². The van der Waals surface area contributed by atoms with Crippen molar-refractivity contribution < 1.29 is 22.5 Å². The van der Waals surface area contributed by atoms with Gasteiger partial charge in [-0.15, -0.1) is 0 Å². The topological polar surface area (TPSA) is 80.7 Å². The van der Waals surface area contributed by atoms with Crippen molar-refractivity contribution in [1.29, 1.82) is 0 Å². The summed E-state index contributed by atoms with van der Waals surface area (Å²) in [5.74, 6) is -0.0134. The summed E-state index contributed by atoms with van der Waals surface area (Å²) in [6, 6.07) is 11.7. The molecule has 0 amide bonds. The standard InChI is InChI=1S/C17H14O5S/c1-22-15-7-6-11(9-16(15)23(19,20)21)8-13-10-12-4-2-3-5-14(12)17(13)18/h2-9H,10H2,1H3,(H,19,20,21)/b13-8+. The van der Waals surface area contributed by atoms with E-state index in [2.05, 4.69) is 0 Å². The predicted molar refractivity (Wildman–Crippen MR) is 85.3 cm³/mol. The van der Waals surface area contributed by atoms with Crippen LogP contribution in [0.2, 0.25) is 0 Å². The first-order valence-corrected chi connectivity index (χ1v) is 8.33. The third kappa shape index (κ3) is 2.91.